The van der Waals surface area contributed by atoms with E-state index >= 15 is 0 Å². The monoisotopic (exact) mass is 369 g/mol. The van der Waals surface area contributed by atoms with Gasteiger partial charge in [0.1, 0.15) is 18.2 Å². The zero-order valence-electron chi connectivity index (χ0n) is 14.4. The van der Waals surface area contributed by atoms with Crippen LogP contribution < -0.4 is 9.47 Å². The molecular weight excluding hydrogens is 353 g/mol. The molecule has 0 saturated carbocycles. The summed E-state index contributed by atoms with van der Waals surface area (Å²) in [4.78, 5) is 15.1. The van der Waals surface area contributed by atoms with Gasteiger partial charge in [-0.3, -0.25) is 4.99 Å². The maximum Gasteiger partial charge on any atom is 0.371 e. The van der Waals surface area contributed by atoms with Crippen LogP contribution in [0.5, 0.6) is 11.5 Å². The third-order valence-corrected chi connectivity index (χ3v) is 3.62. The van der Waals surface area contributed by atoms with Crippen LogP contribution in [0.1, 0.15) is 21.9 Å². The van der Waals surface area contributed by atoms with Crippen molar-refractivity contribution in [2.75, 3.05) is 7.11 Å². The van der Waals surface area contributed by atoms with Gasteiger partial charge < -0.3 is 19.0 Å². The molecule has 138 valence electrons. The Kier molecular flexibility index (Phi) is 5.51. The van der Waals surface area contributed by atoms with Crippen LogP contribution in [-0.2, 0) is 6.61 Å². The highest BCUT2D eigenvalue weighted by Gasteiger charge is 2.11. The van der Waals surface area contributed by atoms with Crippen LogP contribution in [0.15, 0.2) is 64.0 Å². The van der Waals surface area contributed by atoms with Gasteiger partial charge in [-0.05, 0) is 60.2 Å². The molecule has 7 heteroatoms. The molecule has 0 radical (unpaired) electrons. The predicted octanol–water partition coefficient (Wildman–Crippen LogP) is 4.46. The summed E-state index contributed by atoms with van der Waals surface area (Å²) in [7, 11) is 1.51. The Morgan fingerprint density at radius 2 is 1.93 bits per heavy atom. The molecule has 27 heavy (non-hydrogen) atoms. The normalized spacial score (nSPS) is 10.9. The van der Waals surface area contributed by atoms with E-state index in [2.05, 4.69) is 4.99 Å². The lowest BCUT2D eigenvalue weighted by molar-refractivity contribution is 0.0658. The molecule has 0 spiro atoms. The van der Waals surface area contributed by atoms with Crippen LogP contribution in [0.3, 0.4) is 0 Å². The molecule has 2 aromatic carbocycles. The molecule has 0 unspecified atom stereocenters. The molecule has 0 aliphatic heterocycles. The van der Waals surface area contributed by atoms with E-state index in [0.717, 1.165) is 5.56 Å². The first-order chi connectivity index (χ1) is 13.0. The third kappa shape index (κ3) is 4.72. The van der Waals surface area contributed by atoms with Crippen LogP contribution in [0.2, 0.25) is 0 Å². The van der Waals surface area contributed by atoms with E-state index in [4.69, 9.17) is 19.0 Å². The highest BCUT2D eigenvalue weighted by molar-refractivity contribution is 5.84. The van der Waals surface area contributed by atoms with Crippen molar-refractivity contribution in [1.82, 2.24) is 0 Å². The Morgan fingerprint density at radius 1 is 1.15 bits per heavy atom. The summed E-state index contributed by atoms with van der Waals surface area (Å²) < 4.78 is 29.0. The van der Waals surface area contributed by atoms with Gasteiger partial charge in [0.25, 0.3) is 0 Å². The van der Waals surface area contributed by atoms with Crippen molar-refractivity contribution < 1.29 is 28.2 Å². The zero-order chi connectivity index (χ0) is 19.2. The van der Waals surface area contributed by atoms with Gasteiger partial charge >= 0.3 is 5.97 Å². The largest absolute Gasteiger partial charge is 0.493 e. The number of ether oxygens (including phenoxy) is 2. The molecule has 1 aromatic heterocycles. The molecule has 0 atom stereocenters. The minimum Gasteiger partial charge on any atom is -0.493 e. The van der Waals surface area contributed by atoms with Gasteiger partial charge in [-0.15, -0.1) is 0 Å². The molecule has 0 saturated heterocycles. The number of hydrogen-bond acceptors (Lipinski definition) is 5. The Labute approximate surface area is 154 Å². The molecule has 0 aliphatic rings. The first-order valence-electron chi connectivity index (χ1n) is 7.97. The van der Waals surface area contributed by atoms with Crippen molar-refractivity contribution in [3.8, 4) is 11.5 Å². The lowest BCUT2D eigenvalue weighted by Crippen LogP contribution is -1.98. The number of aromatic carboxylic acids is 1. The highest BCUT2D eigenvalue weighted by Crippen LogP contribution is 2.29. The van der Waals surface area contributed by atoms with E-state index in [0.29, 0.717) is 22.9 Å². The molecule has 1 N–H and O–H groups in total. The number of benzene rings is 2. The molecule has 0 fully saturated rings. The maximum atomic E-state index is 12.9. The van der Waals surface area contributed by atoms with E-state index in [1.165, 1.54) is 25.3 Å². The molecular formula is C20H16FNO5. The minimum atomic E-state index is -1.14. The molecule has 1 heterocycles. The number of nitrogens with zero attached hydrogens (tertiary/aromatic N) is 1. The fourth-order valence-electron chi connectivity index (χ4n) is 2.28. The van der Waals surface area contributed by atoms with Gasteiger partial charge in [-0.25, -0.2) is 9.18 Å². The van der Waals surface area contributed by atoms with E-state index < -0.39 is 5.97 Å². The van der Waals surface area contributed by atoms with Crippen molar-refractivity contribution in [1.29, 1.82) is 0 Å². The van der Waals surface area contributed by atoms with Crippen LogP contribution in [-0.4, -0.2) is 24.4 Å². The standard InChI is InChI=1S/C20H16FNO5/c1-25-19-10-13(11-22-15-5-3-14(21)4-6-15)2-8-17(19)26-12-16-7-9-18(27-16)20(23)24/h2-11H,12H2,1H3,(H,23,24). The van der Waals surface area contributed by atoms with Gasteiger partial charge in [-0.2, -0.15) is 0 Å². The number of carbonyl (C=O) groups is 1. The second kappa shape index (κ2) is 8.18. The van der Waals surface area contributed by atoms with Gasteiger partial charge in [-0.1, -0.05) is 0 Å². The number of methoxy groups -OCH3 is 1. The Balaban J connectivity index is 1.69. The lowest BCUT2D eigenvalue weighted by atomic mass is 10.2. The summed E-state index contributed by atoms with van der Waals surface area (Å²) in [5, 5.41) is 8.86. The van der Waals surface area contributed by atoms with Crippen molar-refractivity contribution >= 4 is 17.9 Å². The zero-order valence-corrected chi connectivity index (χ0v) is 14.4. The highest BCUT2D eigenvalue weighted by atomic mass is 19.1. The van der Waals surface area contributed by atoms with Crippen molar-refractivity contribution in [2.24, 2.45) is 4.99 Å². The van der Waals surface area contributed by atoms with Gasteiger partial charge in [0.05, 0.1) is 12.8 Å². The summed E-state index contributed by atoms with van der Waals surface area (Å²) in [5.74, 6) is -0.245. The van der Waals surface area contributed by atoms with Crippen molar-refractivity contribution in [2.45, 2.75) is 6.61 Å². The molecule has 0 aliphatic carbocycles. The molecule has 0 amide bonds. The summed E-state index contributed by atoms with van der Waals surface area (Å²) in [5.41, 5.74) is 1.40. The average molecular weight is 369 g/mol. The lowest BCUT2D eigenvalue weighted by Gasteiger charge is -2.10. The predicted molar refractivity (Wildman–Crippen MR) is 96.6 cm³/mol. The smallest absolute Gasteiger partial charge is 0.371 e. The second-order valence-electron chi connectivity index (χ2n) is 5.50. The number of halogens is 1. The summed E-state index contributed by atoms with van der Waals surface area (Å²) in [6.45, 7) is 0.0622. The minimum absolute atomic E-state index is 0.0622. The number of carboxylic acids is 1. The number of furan rings is 1. The van der Waals surface area contributed by atoms with E-state index in [-0.39, 0.29) is 18.2 Å². The summed E-state index contributed by atoms with van der Waals surface area (Å²) >= 11 is 0. The first-order valence-corrected chi connectivity index (χ1v) is 7.97. The fraction of sp³-hybridized carbons (Fsp3) is 0.100. The topological polar surface area (TPSA) is 81.3 Å². The van der Waals surface area contributed by atoms with E-state index in [1.54, 1.807) is 42.6 Å². The van der Waals surface area contributed by atoms with Gasteiger partial charge in [0, 0.05) is 6.21 Å². The van der Waals surface area contributed by atoms with E-state index in [9.17, 15) is 9.18 Å². The van der Waals surface area contributed by atoms with E-state index in [1.807, 2.05) is 0 Å². The third-order valence-electron chi connectivity index (χ3n) is 3.62. The SMILES string of the molecule is COc1cc(C=Nc2ccc(F)cc2)ccc1OCc1ccc(C(=O)O)o1. The van der Waals surface area contributed by atoms with Crippen molar-refractivity contribution in [3.63, 3.8) is 0 Å². The molecule has 6 nitrogen and oxygen atoms in total. The quantitative estimate of drug-likeness (QED) is 0.622. The number of aliphatic imine (C=N–C) groups is 1. The van der Waals surface area contributed by atoms with Crippen LogP contribution in [0.4, 0.5) is 10.1 Å². The maximum absolute atomic E-state index is 12.9. The Bertz CT molecular complexity index is 963. The molecule has 3 rings (SSSR count). The van der Waals surface area contributed by atoms with Crippen LogP contribution in [0, 0.1) is 5.82 Å². The summed E-state index contributed by atoms with van der Waals surface area (Å²) in [6.07, 6.45) is 1.63. The van der Waals surface area contributed by atoms with Crippen LogP contribution in [0.25, 0.3) is 0 Å². The Hall–Kier alpha value is -3.61. The van der Waals surface area contributed by atoms with Gasteiger partial charge in [0.2, 0.25) is 5.76 Å². The van der Waals surface area contributed by atoms with Crippen LogP contribution >= 0.6 is 0 Å². The Morgan fingerprint density at radius 3 is 2.59 bits per heavy atom. The van der Waals surface area contributed by atoms with Crippen molar-refractivity contribution in [3.05, 3.63) is 77.5 Å². The van der Waals surface area contributed by atoms with Gasteiger partial charge in [0.15, 0.2) is 11.5 Å². The first kappa shape index (κ1) is 18.2. The molecule has 0 bridgehead atoms. The summed E-state index contributed by atoms with van der Waals surface area (Å²) in [6, 6.07) is 14.0. The fourth-order valence-corrected chi connectivity index (χ4v) is 2.28. The number of carboxylic acid groups (broad SMARTS) is 1. The second-order valence-corrected chi connectivity index (χ2v) is 5.50. The number of rotatable bonds is 7. The number of hydrogen-bond donors (Lipinski definition) is 1. The average Bonchev–Trinajstić information content (AvgIpc) is 3.15. The molecule has 3 aromatic rings.